The summed E-state index contributed by atoms with van der Waals surface area (Å²) < 4.78 is 25.8. The van der Waals surface area contributed by atoms with Crippen molar-refractivity contribution in [2.75, 3.05) is 46.5 Å². The van der Waals surface area contributed by atoms with Crippen LogP contribution in [0.1, 0.15) is 64.9 Å². The normalized spacial score (nSPS) is 18.4. The van der Waals surface area contributed by atoms with Gasteiger partial charge >= 0.3 is 6.03 Å². The molecule has 0 saturated carbocycles. The van der Waals surface area contributed by atoms with E-state index in [-0.39, 0.29) is 24.6 Å². The first kappa shape index (κ1) is 31.1. The maximum atomic E-state index is 14.5. The number of rotatable bonds is 16. The number of nitrogens with one attached hydrogen (secondary N) is 2. The Morgan fingerprint density at radius 3 is 2.84 bits per heavy atom. The number of urea groups is 1. The molecule has 2 unspecified atom stereocenters. The van der Waals surface area contributed by atoms with Gasteiger partial charge in [0.05, 0.1) is 5.60 Å². The highest BCUT2D eigenvalue weighted by molar-refractivity contribution is 5.74. The molecule has 1 saturated heterocycles. The van der Waals surface area contributed by atoms with Crippen LogP contribution in [0.5, 0.6) is 5.75 Å². The third-order valence-corrected chi connectivity index (χ3v) is 6.98. The second-order valence-corrected chi connectivity index (χ2v) is 10.4. The number of nitrogens with zero attached hydrogens (tertiary/aromatic N) is 1. The molecule has 0 aromatic heterocycles. The summed E-state index contributed by atoms with van der Waals surface area (Å²) in [5.74, 6) is 0.209. The van der Waals surface area contributed by atoms with Crippen molar-refractivity contribution in [2.24, 2.45) is 11.8 Å². The van der Waals surface area contributed by atoms with Crippen molar-refractivity contribution in [1.82, 2.24) is 15.5 Å². The topological polar surface area (TPSA) is 83.1 Å². The molecule has 1 heterocycles. The summed E-state index contributed by atoms with van der Waals surface area (Å²) in [5.41, 5.74) is -0.919. The van der Waals surface area contributed by atoms with Gasteiger partial charge in [-0.05, 0) is 76.6 Å². The second-order valence-electron chi connectivity index (χ2n) is 10.4. The van der Waals surface area contributed by atoms with Gasteiger partial charge in [-0.2, -0.15) is 0 Å². The molecule has 0 radical (unpaired) electrons. The quantitative estimate of drug-likeness (QED) is 0.214. The van der Waals surface area contributed by atoms with Crippen molar-refractivity contribution >= 4 is 6.03 Å². The molecule has 1 aromatic rings. The van der Waals surface area contributed by atoms with Crippen molar-refractivity contribution in [1.29, 1.82) is 0 Å². The largest absolute Gasteiger partial charge is 0.489 e. The highest BCUT2D eigenvalue weighted by atomic mass is 19.1. The predicted molar refractivity (Wildman–Crippen MR) is 146 cm³/mol. The first-order valence-corrected chi connectivity index (χ1v) is 13.8. The van der Waals surface area contributed by atoms with E-state index in [9.17, 15) is 14.3 Å². The minimum atomic E-state index is -1.36. The van der Waals surface area contributed by atoms with E-state index >= 15 is 0 Å². The van der Waals surface area contributed by atoms with Crippen LogP contribution in [0.15, 0.2) is 30.9 Å². The van der Waals surface area contributed by atoms with Crippen LogP contribution >= 0.6 is 0 Å². The van der Waals surface area contributed by atoms with Crippen LogP contribution in [0.4, 0.5) is 9.18 Å². The minimum Gasteiger partial charge on any atom is -0.489 e. The van der Waals surface area contributed by atoms with Crippen LogP contribution in [0.3, 0.4) is 0 Å². The molecule has 1 aromatic carbocycles. The molecule has 0 aliphatic carbocycles. The summed E-state index contributed by atoms with van der Waals surface area (Å²) in [7, 11) is 1.88. The van der Waals surface area contributed by atoms with Gasteiger partial charge in [0.15, 0.2) is 0 Å². The summed E-state index contributed by atoms with van der Waals surface area (Å²) in [6, 6.07) is 4.20. The van der Waals surface area contributed by atoms with Gasteiger partial charge in [-0.3, -0.25) is 0 Å². The van der Waals surface area contributed by atoms with Crippen LogP contribution in [0.25, 0.3) is 0 Å². The third-order valence-electron chi connectivity index (χ3n) is 6.98. The molecular weight excluding hydrogens is 473 g/mol. The lowest BCUT2D eigenvalue weighted by atomic mass is 9.73. The van der Waals surface area contributed by atoms with Gasteiger partial charge in [-0.1, -0.05) is 26.5 Å². The predicted octanol–water partition coefficient (Wildman–Crippen LogP) is 4.84. The van der Waals surface area contributed by atoms with Gasteiger partial charge in [-0.25, -0.2) is 9.18 Å². The van der Waals surface area contributed by atoms with Gasteiger partial charge in [-0.15, -0.1) is 0 Å². The smallest absolute Gasteiger partial charge is 0.317 e. The molecule has 7 nitrogen and oxygen atoms in total. The van der Waals surface area contributed by atoms with Crippen LogP contribution in [-0.2, 0) is 10.3 Å². The molecular formula is C29H48FN3O4. The Morgan fingerprint density at radius 2 is 2.16 bits per heavy atom. The Balaban J connectivity index is 2.29. The lowest BCUT2D eigenvalue weighted by molar-refractivity contribution is -0.0582. The number of halogens is 1. The van der Waals surface area contributed by atoms with Crippen molar-refractivity contribution < 1.29 is 23.8 Å². The van der Waals surface area contributed by atoms with E-state index in [0.29, 0.717) is 62.9 Å². The highest BCUT2D eigenvalue weighted by Gasteiger charge is 2.43. The van der Waals surface area contributed by atoms with Crippen molar-refractivity contribution in [3.05, 3.63) is 42.2 Å². The zero-order chi connectivity index (χ0) is 27.3. The standard InChI is InChI=1S/C29H48FN3O4/c1-6-16-37-27-13-12-24(30)19-26(27)29(35,14-8-9-17-36-7-2)23-11-10-15-33(21-23)28(34)32-25(20-31-5)18-22(3)4/h6,12-13,19,22-23,25,31,35H,1,7-11,14-18,20-21H2,2-5H3,(H,32,34)/t23-,25?,29?/m1/s1. The summed E-state index contributed by atoms with van der Waals surface area (Å²) in [6.07, 6.45) is 5.90. The average Bonchev–Trinajstić information content (AvgIpc) is 2.87. The van der Waals surface area contributed by atoms with E-state index in [4.69, 9.17) is 9.47 Å². The molecule has 1 fully saturated rings. The Hall–Kier alpha value is -2.16. The number of likely N-dealkylation sites (N-methyl/N-ethyl adjacent to an activating group) is 1. The van der Waals surface area contributed by atoms with Gasteiger partial charge in [0, 0.05) is 50.4 Å². The number of ether oxygens (including phenoxy) is 2. The molecule has 3 atom stereocenters. The Morgan fingerprint density at radius 1 is 1.38 bits per heavy atom. The van der Waals surface area contributed by atoms with Crippen LogP contribution < -0.4 is 15.4 Å². The highest BCUT2D eigenvalue weighted by Crippen LogP contribution is 2.43. The summed E-state index contributed by atoms with van der Waals surface area (Å²) >= 11 is 0. The summed E-state index contributed by atoms with van der Waals surface area (Å²) in [5, 5.41) is 18.6. The molecule has 2 amide bonds. The van der Waals surface area contributed by atoms with Crippen molar-refractivity contribution in [3.63, 3.8) is 0 Å². The molecule has 37 heavy (non-hydrogen) atoms. The number of carbonyl (C=O) groups excluding carboxylic acids is 1. The SMILES string of the molecule is C=CCOc1ccc(F)cc1C(O)(CCCCOCC)[C@@H]1CCCN(C(=O)NC(CNC)CC(C)C)C1. The molecule has 210 valence electrons. The average molecular weight is 522 g/mol. The molecule has 1 aliphatic rings. The van der Waals surface area contributed by atoms with E-state index in [1.54, 1.807) is 17.0 Å². The number of piperidine rings is 1. The van der Waals surface area contributed by atoms with Crippen LogP contribution in [0, 0.1) is 17.7 Å². The summed E-state index contributed by atoms with van der Waals surface area (Å²) in [6.45, 7) is 13.2. The fraction of sp³-hybridized carbons (Fsp3) is 0.690. The minimum absolute atomic E-state index is 0.0254. The van der Waals surface area contributed by atoms with Gasteiger partial charge < -0.3 is 30.1 Å². The molecule has 3 N–H and O–H groups in total. The second kappa shape index (κ2) is 15.9. The number of hydrogen-bond acceptors (Lipinski definition) is 5. The van der Waals surface area contributed by atoms with E-state index in [1.165, 1.54) is 12.1 Å². The monoisotopic (exact) mass is 521 g/mol. The Kier molecular flexibility index (Phi) is 13.4. The van der Waals surface area contributed by atoms with Crippen molar-refractivity contribution in [3.8, 4) is 5.75 Å². The number of aliphatic hydroxyl groups is 1. The van der Waals surface area contributed by atoms with Crippen molar-refractivity contribution in [2.45, 2.75) is 70.9 Å². The van der Waals surface area contributed by atoms with Crippen LogP contribution in [0.2, 0.25) is 0 Å². The number of amides is 2. The number of benzene rings is 1. The molecule has 1 aliphatic heterocycles. The van der Waals surface area contributed by atoms with E-state index in [1.807, 2.05) is 14.0 Å². The first-order chi connectivity index (χ1) is 17.7. The molecule has 8 heteroatoms. The lowest BCUT2D eigenvalue weighted by Gasteiger charge is -2.43. The van der Waals surface area contributed by atoms with E-state index in [2.05, 4.69) is 31.1 Å². The Labute approximate surface area is 222 Å². The molecule has 0 bridgehead atoms. The number of carbonyl (C=O) groups is 1. The van der Waals surface area contributed by atoms with Gasteiger partial charge in [0.25, 0.3) is 0 Å². The maximum absolute atomic E-state index is 14.5. The molecule has 0 spiro atoms. The van der Waals surface area contributed by atoms with Gasteiger partial charge in [0.1, 0.15) is 18.2 Å². The fourth-order valence-electron chi connectivity index (χ4n) is 5.24. The number of unbranched alkanes of at least 4 members (excludes halogenated alkanes) is 1. The number of hydrogen-bond donors (Lipinski definition) is 3. The maximum Gasteiger partial charge on any atom is 0.317 e. The van der Waals surface area contributed by atoms with E-state index in [0.717, 1.165) is 25.7 Å². The van der Waals surface area contributed by atoms with Gasteiger partial charge in [0.2, 0.25) is 0 Å². The zero-order valence-corrected chi connectivity index (χ0v) is 23.2. The third kappa shape index (κ3) is 9.58. The lowest BCUT2D eigenvalue weighted by Crippen LogP contribution is -2.54. The first-order valence-electron chi connectivity index (χ1n) is 13.8. The molecule has 2 rings (SSSR count). The van der Waals surface area contributed by atoms with Crippen LogP contribution in [-0.4, -0.2) is 68.6 Å². The van der Waals surface area contributed by atoms with E-state index < -0.39 is 11.4 Å². The number of likely N-dealkylation sites (tertiary alicyclic amines) is 1. The zero-order valence-electron chi connectivity index (χ0n) is 23.2. The fourth-order valence-corrected chi connectivity index (χ4v) is 5.24. The summed E-state index contributed by atoms with van der Waals surface area (Å²) in [4.78, 5) is 15.1. The Bertz CT molecular complexity index is 837.